The van der Waals surface area contributed by atoms with Gasteiger partial charge < -0.3 is 19.9 Å². The van der Waals surface area contributed by atoms with Gasteiger partial charge in [0.05, 0.1) is 11.8 Å². The first-order valence-electron chi connectivity index (χ1n) is 8.69. The minimum atomic E-state index is -0.546. The van der Waals surface area contributed by atoms with Crippen LogP contribution in [0.25, 0.3) is 0 Å². The molecule has 2 aromatic heterocycles. The van der Waals surface area contributed by atoms with Crippen molar-refractivity contribution in [3.63, 3.8) is 0 Å². The topological polar surface area (TPSA) is 96.2 Å². The molecule has 1 saturated heterocycles. The van der Waals surface area contributed by atoms with E-state index in [2.05, 4.69) is 24.8 Å². The summed E-state index contributed by atoms with van der Waals surface area (Å²) in [5, 5.41) is 13.7. The number of aliphatic hydroxyl groups excluding tert-OH is 1. The first kappa shape index (κ1) is 21.6. The molecule has 0 unspecified atom stereocenters. The molecular formula is C17H24Cl2N6O2. The predicted octanol–water partition coefficient (Wildman–Crippen LogP) is 0.338. The number of fused-ring (bicyclic) bond motifs is 1. The molecule has 0 saturated carbocycles. The summed E-state index contributed by atoms with van der Waals surface area (Å²) in [6.07, 6.45) is 7.71. The normalized spacial score (nSPS) is 21.6. The van der Waals surface area contributed by atoms with E-state index in [-0.39, 0.29) is 36.6 Å². The highest BCUT2D eigenvalue weighted by atomic mass is 35.5. The van der Waals surface area contributed by atoms with Gasteiger partial charge in [-0.1, -0.05) is 0 Å². The van der Waals surface area contributed by atoms with Gasteiger partial charge in [0.1, 0.15) is 11.5 Å². The lowest BCUT2D eigenvalue weighted by Gasteiger charge is -2.14. The first-order chi connectivity index (χ1) is 12.2. The molecule has 4 heterocycles. The van der Waals surface area contributed by atoms with Gasteiger partial charge in [-0.3, -0.25) is 14.8 Å². The van der Waals surface area contributed by atoms with Crippen LogP contribution >= 0.6 is 24.8 Å². The molecule has 0 bridgehead atoms. The number of amides is 1. The molecule has 148 valence electrons. The van der Waals surface area contributed by atoms with Gasteiger partial charge in [-0.25, -0.2) is 4.98 Å². The lowest BCUT2D eigenvalue weighted by Crippen LogP contribution is -2.30. The van der Waals surface area contributed by atoms with Crippen molar-refractivity contribution in [3.8, 4) is 0 Å². The number of halogens is 2. The minimum Gasteiger partial charge on any atom is -0.391 e. The van der Waals surface area contributed by atoms with Gasteiger partial charge in [0.25, 0.3) is 5.91 Å². The zero-order valence-corrected chi connectivity index (χ0v) is 16.5. The van der Waals surface area contributed by atoms with Gasteiger partial charge in [0.15, 0.2) is 0 Å². The third-order valence-corrected chi connectivity index (χ3v) is 4.91. The molecule has 0 aromatic carbocycles. The number of rotatable bonds is 3. The van der Waals surface area contributed by atoms with E-state index in [9.17, 15) is 9.90 Å². The maximum absolute atomic E-state index is 12.8. The number of imidazole rings is 1. The maximum Gasteiger partial charge on any atom is 0.274 e. The molecule has 10 heteroatoms. The summed E-state index contributed by atoms with van der Waals surface area (Å²) in [7, 11) is 0. The standard InChI is InChI=1S/C17H22N6O2.2ClH/c24-15-11-23(9-12(15)7-13-8-19-3-4-20-13)17(25)14-10-22-6-5-18-2-1-16(22)21-14;;/h3-4,8,10,12,15,18,24H,1-2,5-7,9,11H2;2*1H/t12-,15-;;/m1../s1. The summed E-state index contributed by atoms with van der Waals surface area (Å²) in [6, 6.07) is 0. The molecule has 2 atom stereocenters. The third kappa shape index (κ3) is 4.76. The smallest absolute Gasteiger partial charge is 0.274 e. The fourth-order valence-electron chi connectivity index (χ4n) is 3.56. The molecule has 4 rings (SSSR count). The van der Waals surface area contributed by atoms with Gasteiger partial charge >= 0.3 is 0 Å². The number of hydrogen-bond acceptors (Lipinski definition) is 6. The van der Waals surface area contributed by atoms with Gasteiger partial charge in [0.2, 0.25) is 0 Å². The highest BCUT2D eigenvalue weighted by Crippen LogP contribution is 2.22. The van der Waals surface area contributed by atoms with Gasteiger partial charge in [-0.2, -0.15) is 0 Å². The van der Waals surface area contributed by atoms with Crippen molar-refractivity contribution in [3.05, 3.63) is 42.0 Å². The summed E-state index contributed by atoms with van der Waals surface area (Å²) in [5.41, 5.74) is 1.31. The first-order valence-corrected chi connectivity index (χ1v) is 8.69. The highest BCUT2D eigenvalue weighted by molar-refractivity contribution is 5.92. The largest absolute Gasteiger partial charge is 0.391 e. The number of aromatic nitrogens is 4. The average Bonchev–Trinajstić information content (AvgIpc) is 3.12. The molecule has 27 heavy (non-hydrogen) atoms. The van der Waals surface area contributed by atoms with Crippen LogP contribution in [-0.2, 0) is 19.4 Å². The highest BCUT2D eigenvalue weighted by Gasteiger charge is 2.35. The zero-order chi connectivity index (χ0) is 17.2. The van der Waals surface area contributed by atoms with Crippen LogP contribution in [0.4, 0.5) is 0 Å². The van der Waals surface area contributed by atoms with E-state index in [0.29, 0.717) is 25.2 Å². The second-order valence-electron chi connectivity index (χ2n) is 6.67. The molecule has 0 spiro atoms. The Balaban J connectivity index is 0.00000131. The van der Waals surface area contributed by atoms with Crippen molar-refractivity contribution in [2.75, 3.05) is 26.2 Å². The van der Waals surface area contributed by atoms with Crippen molar-refractivity contribution in [1.29, 1.82) is 0 Å². The maximum atomic E-state index is 12.8. The zero-order valence-electron chi connectivity index (χ0n) is 14.8. The molecule has 0 radical (unpaired) electrons. The van der Waals surface area contributed by atoms with Crippen LogP contribution in [0.5, 0.6) is 0 Å². The van der Waals surface area contributed by atoms with Crippen LogP contribution in [0.2, 0.25) is 0 Å². The monoisotopic (exact) mass is 414 g/mol. The van der Waals surface area contributed by atoms with Crippen LogP contribution in [0.15, 0.2) is 24.8 Å². The Kier molecular flexibility index (Phi) is 7.55. The third-order valence-electron chi connectivity index (χ3n) is 4.91. The number of carbonyl (C=O) groups is 1. The van der Waals surface area contributed by atoms with Crippen molar-refractivity contribution in [2.45, 2.75) is 25.5 Å². The molecule has 2 aliphatic rings. The Morgan fingerprint density at radius 2 is 2.11 bits per heavy atom. The van der Waals surface area contributed by atoms with E-state index in [0.717, 1.165) is 37.6 Å². The summed E-state index contributed by atoms with van der Waals surface area (Å²) >= 11 is 0. The van der Waals surface area contributed by atoms with Crippen LogP contribution in [-0.4, -0.2) is 67.7 Å². The Labute approximate surface area is 170 Å². The van der Waals surface area contributed by atoms with Crippen molar-refractivity contribution >= 4 is 30.7 Å². The van der Waals surface area contributed by atoms with Crippen molar-refractivity contribution < 1.29 is 9.90 Å². The Morgan fingerprint density at radius 3 is 2.89 bits per heavy atom. The Hall–Kier alpha value is -1.74. The number of carbonyl (C=O) groups excluding carboxylic acids is 1. The Bertz CT molecular complexity index is 734. The lowest BCUT2D eigenvalue weighted by atomic mass is 10.0. The molecule has 2 aromatic rings. The predicted molar refractivity (Wildman–Crippen MR) is 104 cm³/mol. The molecule has 1 fully saturated rings. The summed E-state index contributed by atoms with van der Waals surface area (Å²) in [6.45, 7) is 3.45. The Morgan fingerprint density at radius 1 is 1.26 bits per heavy atom. The average molecular weight is 415 g/mol. The fourth-order valence-corrected chi connectivity index (χ4v) is 3.56. The number of nitrogens with zero attached hydrogens (tertiary/aromatic N) is 5. The van der Waals surface area contributed by atoms with E-state index in [1.807, 2.05) is 6.20 Å². The molecule has 2 aliphatic heterocycles. The van der Waals surface area contributed by atoms with E-state index in [1.54, 1.807) is 23.5 Å². The molecule has 0 aliphatic carbocycles. The van der Waals surface area contributed by atoms with Crippen molar-refractivity contribution in [1.82, 2.24) is 29.7 Å². The summed E-state index contributed by atoms with van der Waals surface area (Å²) in [4.78, 5) is 27.3. The second kappa shape index (κ2) is 9.45. The molecule has 1 amide bonds. The minimum absolute atomic E-state index is 0. The number of likely N-dealkylation sites (tertiary alicyclic amines) is 1. The number of β-amino-alcohol motifs (C(OH)–C–C–N with tert-alkyl or cyclic N) is 1. The summed E-state index contributed by atoms with van der Waals surface area (Å²) < 4.78 is 2.05. The van der Waals surface area contributed by atoms with Crippen LogP contribution in [0.1, 0.15) is 22.0 Å². The van der Waals surface area contributed by atoms with Crippen LogP contribution in [0, 0.1) is 5.92 Å². The molecular weight excluding hydrogens is 391 g/mol. The van der Waals surface area contributed by atoms with E-state index < -0.39 is 6.10 Å². The van der Waals surface area contributed by atoms with E-state index >= 15 is 0 Å². The van der Waals surface area contributed by atoms with Crippen LogP contribution in [0.3, 0.4) is 0 Å². The number of aliphatic hydroxyl groups is 1. The van der Waals surface area contributed by atoms with Crippen molar-refractivity contribution in [2.24, 2.45) is 5.92 Å². The number of hydrogen-bond donors (Lipinski definition) is 2. The van der Waals surface area contributed by atoms with Gasteiger partial charge in [-0.05, 0) is 6.42 Å². The van der Waals surface area contributed by atoms with Gasteiger partial charge in [-0.15, -0.1) is 24.8 Å². The second-order valence-corrected chi connectivity index (χ2v) is 6.67. The molecule has 8 nitrogen and oxygen atoms in total. The molecule has 2 N–H and O–H groups in total. The number of nitrogens with one attached hydrogen (secondary N) is 1. The quantitative estimate of drug-likeness (QED) is 0.751. The summed E-state index contributed by atoms with van der Waals surface area (Å²) in [5.74, 6) is 0.823. The van der Waals surface area contributed by atoms with E-state index in [4.69, 9.17) is 0 Å². The van der Waals surface area contributed by atoms with Crippen LogP contribution < -0.4 is 5.32 Å². The fraction of sp³-hybridized carbons (Fsp3) is 0.529. The van der Waals surface area contributed by atoms with E-state index in [1.165, 1.54) is 0 Å². The lowest BCUT2D eigenvalue weighted by molar-refractivity contribution is 0.0759. The SMILES string of the molecule is Cl.Cl.O=C(c1cn2c(n1)CCNCC2)N1C[C@@H](Cc2cnccn2)[C@H](O)C1. The van der Waals surface area contributed by atoms with Gasteiger partial charge in [0, 0.05) is 69.8 Å².